The number of hydrogen-bond donors (Lipinski definition) is 2. The van der Waals surface area contributed by atoms with Crippen molar-refractivity contribution >= 4 is 5.97 Å². The fourth-order valence-corrected chi connectivity index (χ4v) is 1.07. The Kier molecular flexibility index (Phi) is 3.53. The van der Waals surface area contributed by atoms with Crippen molar-refractivity contribution in [3.05, 3.63) is 23.8 Å². The molecule has 1 unspecified atom stereocenters. The maximum absolute atomic E-state index is 10.4. The Bertz CT molecular complexity index is 328. The van der Waals surface area contributed by atoms with Crippen LogP contribution < -0.4 is 5.73 Å². The maximum atomic E-state index is 10.4. The van der Waals surface area contributed by atoms with Crippen LogP contribution in [-0.2, 0) is 11.2 Å². The van der Waals surface area contributed by atoms with Crippen LogP contribution in [0.25, 0.3) is 0 Å². The van der Waals surface area contributed by atoms with E-state index in [1.165, 1.54) is 0 Å². The molecule has 0 aliphatic heterocycles. The Morgan fingerprint density at radius 3 is 3.00 bits per heavy atom. The van der Waals surface area contributed by atoms with Crippen LogP contribution in [0.2, 0.25) is 0 Å². The average Bonchev–Trinajstić information content (AvgIpc) is 2.17. The molecule has 0 radical (unpaired) electrons. The Balaban J connectivity index is 2.78. The first-order valence-electron chi connectivity index (χ1n) is 4.42. The topological polar surface area (TPSA) is 89.1 Å². The van der Waals surface area contributed by atoms with Crippen LogP contribution in [0.4, 0.5) is 0 Å². The van der Waals surface area contributed by atoms with Gasteiger partial charge in [0.1, 0.15) is 5.82 Å². The molecule has 1 aromatic rings. The van der Waals surface area contributed by atoms with Crippen molar-refractivity contribution in [2.75, 3.05) is 0 Å². The predicted octanol–water partition coefficient (Wildman–Crippen LogP) is 0.514. The highest BCUT2D eigenvalue weighted by Gasteiger charge is 2.13. The number of hydrogen-bond acceptors (Lipinski definition) is 4. The zero-order chi connectivity index (χ0) is 10.6. The minimum Gasteiger partial charge on any atom is -0.481 e. The van der Waals surface area contributed by atoms with Gasteiger partial charge in [-0.25, -0.2) is 9.97 Å². The van der Waals surface area contributed by atoms with Gasteiger partial charge in [-0.15, -0.1) is 0 Å². The van der Waals surface area contributed by atoms with Crippen molar-refractivity contribution in [3.63, 3.8) is 0 Å². The second-order valence-corrected chi connectivity index (χ2v) is 2.96. The van der Waals surface area contributed by atoms with Gasteiger partial charge in [0.25, 0.3) is 0 Å². The number of aryl methyl sites for hydroxylation is 1. The molecule has 0 spiro atoms. The minimum atomic E-state index is -0.942. The highest BCUT2D eigenvalue weighted by Crippen LogP contribution is 2.08. The van der Waals surface area contributed by atoms with Crippen LogP contribution in [0.15, 0.2) is 12.3 Å². The fourth-order valence-electron chi connectivity index (χ4n) is 1.07. The quantitative estimate of drug-likeness (QED) is 0.730. The zero-order valence-electron chi connectivity index (χ0n) is 7.97. The molecule has 5 heteroatoms. The van der Waals surface area contributed by atoms with Crippen molar-refractivity contribution in [2.45, 2.75) is 25.8 Å². The number of nitrogens with two attached hydrogens (primary N) is 1. The summed E-state index contributed by atoms with van der Waals surface area (Å²) in [5.41, 5.74) is 6.48. The van der Waals surface area contributed by atoms with E-state index in [-0.39, 0.29) is 6.42 Å². The van der Waals surface area contributed by atoms with Gasteiger partial charge in [0.15, 0.2) is 0 Å². The molecule has 0 fully saturated rings. The van der Waals surface area contributed by atoms with Gasteiger partial charge >= 0.3 is 5.97 Å². The summed E-state index contributed by atoms with van der Waals surface area (Å²) in [4.78, 5) is 18.5. The highest BCUT2D eigenvalue weighted by molar-refractivity contribution is 5.67. The van der Waals surface area contributed by atoms with E-state index in [1.807, 2.05) is 6.92 Å². The lowest BCUT2D eigenvalue weighted by atomic mass is 10.2. The average molecular weight is 195 g/mol. The molecule has 5 nitrogen and oxygen atoms in total. The normalized spacial score (nSPS) is 12.4. The molecule has 0 saturated carbocycles. The van der Waals surface area contributed by atoms with Gasteiger partial charge in [-0.1, -0.05) is 6.92 Å². The third kappa shape index (κ3) is 2.77. The van der Waals surface area contributed by atoms with Crippen LogP contribution >= 0.6 is 0 Å². The van der Waals surface area contributed by atoms with E-state index in [9.17, 15) is 4.79 Å². The van der Waals surface area contributed by atoms with Gasteiger partial charge in [-0.05, 0) is 12.5 Å². The van der Waals surface area contributed by atoms with Crippen LogP contribution in [0, 0.1) is 0 Å². The number of carbonyl (C=O) groups is 1. The highest BCUT2D eigenvalue weighted by atomic mass is 16.4. The third-order valence-electron chi connectivity index (χ3n) is 1.82. The van der Waals surface area contributed by atoms with Crippen LogP contribution in [-0.4, -0.2) is 21.0 Å². The standard InChI is InChI=1S/C9H13N3O2/c1-2-6-3-4-11-9(12-6)7(10)5-8(13)14/h3-4,7H,2,5,10H2,1H3,(H,13,14). The lowest BCUT2D eigenvalue weighted by Crippen LogP contribution is -2.18. The molecule has 0 amide bonds. The van der Waals surface area contributed by atoms with Crippen molar-refractivity contribution in [2.24, 2.45) is 5.73 Å². The van der Waals surface area contributed by atoms with Gasteiger partial charge in [-0.3, -0.25) is 4.79 Å². The van der Waals surface area contributed by atoms with Crippen molar-refractivity contribution in [1.29, 1.82) is 0 Å². The summed E-state index contributed by atoms with van der Waals surface area (Å²) in [5.74, 6) is -0.547. The summed E-state index contributed by atoms with van der Waals surface area (Å²) in [5, 5.41) is 8.54. The number of rotatable bonds is 4. The van der Waals surface area contributed by atoms with Gasteiger partial charge in [-0.2, -0.15) is 0 Å². The van der Waals surface area contributed by atoms with Gasteiger partial charge < -0.3 is 10.8 Å². The molecule has 1 aromatic heterocycles. The maximum Gasteiger partial charge on any atom is 0.305 e. The largest absolute Gasteiger partial charge is 0.481 e. The molecule has 3 N–H and O–H groups in total. The Morgan fingerprint density at radius 1 is 1.71 bits per heavy atom. The smallest absolute Gasteiger partial charge is 0.305 e. The summed E-state index contributed by atoms with van der Waals surface area (Å²) in [7, 11) is 0. The molecule has 76 valence electrons. The van der Waals surface area contributed by atoms with E-state index in [2.05, 4.69) is 9.97 Å². The second kappa shape index (κ2) is 4.66. The van der Waals surface area contributed by atoms with Crippen LogP contribution in [0.5, 0.6) is 0 Å². The molecule has 1 heterocycles. The molecule has 1 rings (SSSR count). The fraction of sp³-hybridized carbons (Fsp3) is 0.444. The van der Waals surface area contributed by atoms with Crippen LogP contribution in [0.1, 0.15) is 30.9 Å². The first kappa shape index (κ1) is 10.6. The van der Waals surface area contributed by atoms with Crippen molar-refractivity contribution in [1.82, 2.24) is 9.97 Å². The number of carboxylic acid groups (broad SMARTS) is 1. The number of aromatic nitrogens is 2. The summed E-state index contributed by atoms with van der Waals surface area (Å²) in [6.07, 6.45) is 2.24. The predicted molar refractivity (Wildman–Crippen MR) is 50.6 cm³/mol. The molecule has 0 aliphatic carbocycles. The van der Waals surface area contributed by atoms with E-state index < -0.39 is 12.0 Å². The molecule has 0 saturated heterocycles. The van der Waals surface area contributed by atoms with E-state index in [4.69, 9.17) is 10.8 Å². The lowest BCUT2D eigenvalue weighted by Gasteiger charge is -2.07. The van der Waals surface area contributed by atoms with Crippen molar-refractivity contribution < 1.29 is 9.90 Å². The Hall–Kier alpha value is -1.49. The molecule has 0 aromatic carbocycles. The van der Waals surface area contributed by atoms with Crippen molar-refractivity contribution in [3.8, 4) is 0 Å². The zero-order valence-corrected chi connectivity index (χ0v) is 7.97. The van der Waals surface area contributed by atoms with Gasteiger partial charge in [0.2, 0.25) is 0 Å². The molecular weight excluding hydrogens is 182 g/mol. The van der Waals surface area contributed by atoms with E-state index >= 15 is 0 Å². The number of nitrogens with zero attached hydrogens (tertiary/aromatic N) is 2. The first-order valence-corrected chi connectivity index (χ1v) is 4.42. The number of aliphatic carboxylic acids is 1. The summed E-state index contributed by atoms with van der Waals surface area (Å²) >= 11 is 0. The second-order valence-electron chi connectivity index (χ2n) is 2.96. The molecule has 0 bridgehead atoms. The van der Waals surface area contributed by atoms with E-state index in [1.54, 1.807) is 12.3 Å². The minimum absolute atomic E-state index is 0.146. The van der Waals surface area contributed by atoms with E-state index in [0.717, 1.165) is 12.1 Å². The molecule has 14 heavy (non-hydrogen) atoms. The van der Waals surface area contributed by atoms with Gasteiger partial charge in [0.05, 0.1) is 12.5 Å². The summed E-state index contributed by atoms with van der Waals surface area (Å²) in [6, 6.07) is 1.16. The Morgan fingerprint density at radius 2 is 2.43 bits per heavy atom. The Labute approximate surface area is 82.0 Å². The lowest BCUT2D eigenvalue weighted by molar-refractivity contribution is -0.137. The van der Waals surface area contributed by atoms with Gasteiger partial charge in [0, 0.05) is 11.9 Å². The summed E-state index contributed by atoms with van der Waals surface area (Å²) < 4.78 is 0. The molecule has 1 atom stereocenters. The number of carboxylic acids is 1. The first-order chi connectivity index (χ1) is 6.63. The van der Waals surface area contributed by atoms with E-state index in [0.29, 0.717) is 5.82 Å². The van der Waals surface area contributed by atoms with Crippen LogP contribution in [0.3, 0.4) is 0 Å². The monoisotopic (exact) mass is 195 g/mol. The molecule has 0 aliphatic rings. The third-order valence-corrected chi connectivity index (χ3v) is 1.82. The SMILES string of the molecule is CCc1ccnc(C(N)CC(=O)O)n1. The molecular formula is C9H13N3O2. The summed E-state index contributed by atoms with van der Waals surface area (Å²) in [6.45, 7) is 1.97.